The van der Waals surface area contributed by atoms with Crippen LogP contribution in [-0.4, -0.2) is 23.9 Å². The molecule has 0 radical (unpaired) electrons. The van der Waals surface area contributed by atoms with Crippen LogP contribution in [0.15, 0.2) is 5.10 Å². The average Bonchev–Trinajstić information content (AvgIpc) is 2.05. The second kappa shape index (κ2) is 7.37. The van der Waals surface area contributed by atoms with E-state index in [4.69, 9.17) is 17.0 Å². The van der Waals surface area contributed by atoms with Gasteiger partial charge in [0.15, 0.2) is 0 Å². The van der Waals surface area contributed by atoms with E-state index in [1.807, 2.05) is 13.8 Å². The quantitative estimate of drug-likeness (QED) is 0.370. The van der Waals surface area contributed by atoms with Crippen molar-refractivity contribution in [3.63, 3.8) is 0 Å². The molecule has 0 bridgehead atoms. The molecule has 14 heavy (non-hydrogen) atoms. The standard InChI is InChI=1S/C6H12F2N4.C2H6/c1-6(7,8)2-4(9)5(10)3-12-11;1-2/h3-4,10H,2,9,11H2,1H3;1-2H3/b10-5?,12-3-;. The largest absolute Gasteiger partial charge is 0.323 e. The van der Waals surface area contributed by atoms with E-state index in [0.717, 1.165) is 13.1 Å². The number of halogens is 2. The lowest BCUT2D eigenvalue weighted by Gasteiger charge is -2.15. The van der Waals surface area contributed by atoms with Crippen LogP contribution in [0.1, 0.15) is 27.2 Å². The summed E-state index contributed by atoms with van der Waals surface area (Å²) in [5.74, 6) is 1.85. The predicted molar refractivity (Wildman–Crippen MR) is 55.0 cm³/mol. The van der Waals surface area contributed by atoms with Gasteiger partial charge in [0, 0.05) is 6.42 Å². The van der Waals surface area contributed by atoms with Gasteiger partial charge in [0.2, 0.25) is 5.92 Å². The molecule has 84 valence electrons. The lowest BCUT2D eigenvalue weighted by Crippen LogP contribution is -2.36. The van der Waals surface area contributed by atoms with E-state index < -0.39 is 18.4 Å². The first-order valence-electron chi connectivity index (χ1n) is 4.32. The van der Waals surface area contributed by atoms with Crippen molar-refractivity contribution >= 4 is 11.9 Å². The van der Waals surface area contributed by atoms with Gasteiger partial charge in [-0.25, -0.2) is 8.78 Å². The van der Waals surface area contributed by atoms with Crippen LogP contribution < -0.4 is 11.6 Å². The van der Waals surface area contributed by atoms with Gasteiger partial charge < -0.3 is 17.0 Å². The monoisotopic (exact) mass is 208 g/mol. The van der Waals surface area contributed by atoms with Gasteiger partial charge in [-0.1, -0.05) is 13.8 Å². The number of nitrogens with one attached hydrogen (secondary N) is 1. The molecule has 0 rings (SSSR count). The highest BCUT2D eigenvalue weighted by atomic mass is 19.3. The first-order chi connectivity index (χ1) is 6.37. The van der Waals surface area contributed by atoms with Gasteiger partial charge in [0.05, 0.1) is 18.0 Å². The Morgan fingerprint density at radius 1 is 1.57 bits per heavy atom. The molecule has 5 N–H and O–H groups in total. The van der Waals surface area contributed by atoms with Crippen LogP contribution in [0.5, 0.6) is 0 Å². The Labute approximate surface area is 82.9 Å². The Bertz CT molecular complexity index is 186. The van der Waals surface area contributed by atoms with Gasteiger partial charge in [0.25, 0.3) is 0 Å². The summed E-state index contributed by atoms with van der Waals surface area (Å²) < 4.78 is 24.6. The summed E-state index contributed by atoms with van der Waals surface area (Å²) in [6.07, 6.45) is 0.383. The number of nitrogens with zero attached hydrogens (tertiary/aromatic N) is 1. The van der Waals surface area contributed by atoms with Crippen molar-refractivity contribution in [2.24, 2.45) is 16.7 Å². The Morgan fingerprint density at radius 2 is 2.00 bits per heavy atom. The van der Waals surface area contributed by atoms with Gasteiger partial charge in [-0.15, -0.1) is 0 Å². The van der Waals surface area contributed by atoms with E-state index in [1.165, 1.54) is 0 Å². The fourth-order valence-electron chi connectivity index (χ4n) is 0.672. The molecule has 0 aromatic heterocycles. The maximum absolute atomic E-state index is 12.3. The van der Waals surface area contributed by atoms with E-state index in [0.29, 0.717) is 0 Å². The van der Waals surface area contributed by atoms with E-state index >= 15 is 0 Å². The van der Waals surface area contributed by atoms with E-state index in [-0.39, 0.29) is 5.71 Å². The highest BCUT2D eigenvalue weighted by Crippen LogP contribution is 2.17. The average molecular weight is 208 g/mol. The number of hydrazone groups is 1. The third-order valence-corrected chi connectivity index (χ3v) is 1.19. The fraction of sp³-hybridized carbons (Fsp3) is 0.750. The smallest absolute Gasteiger partial charge is 0.247 e. The molecule has 0 heterocycles. The van der Waals surface area contributed by atoms with Crippen molar-refractivity contribution in [1.29, 1.82) is 5.41 Å². The molecule has 0 saturated carbocycles. The Hall–Kier alpha value is -1.04. The molecular formula is C8H18F2N4. The molecule has 0 aromatic carbocycles. The van der Waals surface area contributed by atoms with Crippen molar-refractivity contribution in [3.8, 4) is 0 Å². The zero-order chi connectivity index (χ0) is 11.8. The van der Waals surface area contributed by atoms with Crippen LogP contribution >= 0.6 is 0 Å². The molecule has 0 amide bonds. The Morgan fingerprint density at radius 3 is 2.29 bits per heavy atom. The van der Waals surface area contributed by atoms with Gasteiger partial charge in [0.1, 0.15) is 0 Å². The Balaban J connectivity index is 0. The molecule has 4 nitrogen and oxygen atoms in total. The normalized spacial score (nSPS) is 13.3. The molecule has 0 aromatic rings. The molecule has 0 saturated heterocycles. The molecule has 0 aliphatic rings. The highest BCUT2D eigenvalue weighted by Gasteiger charge is 2.26. The SMILES string of the molecule is CC.CC(F)(F)CC(N)C(=N)/C=N\N. The van der Waals surface area contributed by atoms with E-state index in [2.05, 4.69) is 5.10 Å². The minimum atomic E-state index is -2.87. The van der Waals surface area contributed by atoms with Crippen LogP contribution in [0.2, 0.25) is 0 Å². The molecule has 6 heteroatoms. The maximum atomic E-state index is 12.3. The summed E-state index contributed by atoms with van der Waals surface area (Å²) in [6.45, 7) is 4.75. The van der Waals surface area contributed by atoms with E-state index in [1.54, 1.807) is 0 Å². The minimum absolute atomic E-state index is 0.195. The molecule has 1 atom stereocenters. The molecule has 0 aliphatic carbocycles. The number of rotatable bonds is 4. The van der Waals surface area contributed by atoms with Crippen LogP contribution in [0.4, 0.5) is 8.78 Å². The summed E-state index contributed by atoms with van der Waals surface area (Å²) in [7, 11) is 0. The molecule has 0 spiro atoms. The van der Waals surface area contributed by atoms with Crippen molar-refractivity contribution in [2.75, 3.05) is 0 Å². The zero-order valence-corrected chi connectivity index (χ0v) is 8.72. The van der Waals surface area contributed by atoms with E-state index in [9.17, 15) is 8.78 Å². The van der Waals surface area contributed by atoms with Crippen molar-refractivity contribution < 1.29 is 8.78 Å². The molecule has 0 fully saturated rings. The number of hydrogen-bond donors (Lipinski definition) is 3. The zero-order valence-electron chi connectivity index (χ0n) is 8.72. The first kappa shape index (κ1) is 15.4. The third kappa shape index (κ3) is 9.05. The van der Waals surface area contributed by atoms with Crippen molar-refractivity contribution in [2.45, 2.75) is 39.2 Å². The summed E-state index contributed by atoms with van der Waals surface area (Å²) in [6, 6.07) is -1.02. The van der Waals surface area contributed by atoms with Gasteiger partial charge in [-0.05, 0) is 6.92 Å². The third-order valence-electron chi connectivity index (χ3n) is 1.19. The molecule has 1 unspecified atom stereocenters. The van der Waals surface area contributed by atoms with Gasteiger partial charge in [-0.3, -0.25) is 0 Å². The topological polar surface area (TPSA) is 88.2 Å². The number of alkyl halides is 2. The highest BCUT2D eigenvalue weighted by molar-refractivity contribution is 6.31. The molecular weight excluding hydrogens is 190 g/mol. The summed E-state index contributed by atoms with van der Waals surface area (Å²) >= 11 is 0. The predicted octanol–water partition coefficient (Wildman–Crippen LogP) is 1.35. The fourth-order valence-corrected chi connectivity index (χ4v) is 0.672. The van der Waals surface area contributed by atoms with Gasteiger partial charge >= 0.3 is 0 Å². The summed E-state index contributed by atoms with van der Waals surface area (Å²) in [4.78, 5) is 0. The lowest BCUT2D eigenvalue weighted by atomic mass is 10.1. The van der Waals surface area contributed by atoms with Crippen LogP contribution in [-0.2, 0) is 0 Å². The second-order valence-corrected chi connectivity index (χ2v) is 2.61. The maximum Gasteiger partial charge on any atom is 0.247 e. The van der Waals surface area contributed by atoms with Gasteiger partial charge in [-0.2, -0.15) is 5.10 Å². The minimum Gasteiger partial charge on any atom is -0.323 e. The Kier molecular flexibility index (Phi) is 8.13. The number of hydrogen-bond acceptors (Lipinski definition) is 4. The van der Waals surface area contributed by atoms with Crippen LogP contribution in [0.25, 0.3) is 0 Å². The van der Waals surface area contributed by atoms with Crippen molar-refractivity contribution in [3.05, 3.63) is 0 Å². The van der Waals surface area contributed by atoms with Crippen LogP contribution in [0.3, 0.4) is 0 Å². The van der Waals surface area contributed by atoms with Crippen LogP contribution in [0, 0.1) is 5.41 Å². The lowest BCUT2D eigenvalue weighted by molar-refractivity contribution is 0.0116. The summed E-state index contributed by atoms with van der Waals surface area (Å²) in [5.41, 5.74) is 5.04. The van der Waals surface area contributed by atoms with Crippen molar-refractivity contribution in [1.82, 2.24) is 0 Å². The first-order valence-corrected chi connectivity index (χ1v) is 4.32. The summed E-state index contributed by atoms with van der Waals surface area (Å²) in [5, 5.41) is 10.1. The second-order valence-electron chi connectivity index (χ2n) is 2.61. The number of nitrogens with two attached hydrogens (primary N) is 2. The molecule has 0 aliphatic heterocycles.